The Labute approximate surface area is 157 Å². The van der Waals surface area contributed by atoms with Gasteiger partial charge in [0.05, 0.1) is 17.1 Å². The monoisotopic (exact) mass is 387 g/mol. The Balaban J connectivity index is 2.11. The lowest BCUT2D eigenvalue weighted by Gasteiger charge is -2.25. The topological polar surface area (TPSA) is 37.4 Å². The van der Waals surface area contributed by atoms with Crippen molar-refractivity contribution in [1.29, 1.82) is 0 Å². The van der Waals surface area contributed by atoms with Gasteiger partial charge in [0.25, 0.3) is 10.0 Å². The molecular weight excluding hydrogens is 368 g/mol. The van der Waals surface area contributed by atoms with Crippen LogP contribution in [0.2, 0.25) is 0 Å². The van der Waals surface area contributed by atoms with E-state index >= 15 is 0 Å². The molecule has 3 aromatic carbocycles. The van der Waals surface area contributed by atoms with Gasteiger partial charge in [-0.3, -0.25) is 4.31 Å². The SMILES string of the molecule is Cc1cccc(CN(c2cccc(F)c2)S(=O)(=O)c2ccc(C)c(F)c2)c1. The smallest absolute Gasteiger partial charge is 0.262 e. The van der Waals surface area contributed by atoms with Gasteiger partial charge in [0.1, 0.15) is 11.6 Å². The predicted octanol–water partition coefficient (Wildman–Crippen LogP) is 4.98. The molecule has 3 aromatic rings. The van der Waals surface area contributed by atoms with Crippen molar-refractivity contribution in [2.24, 2.45) is 0 Å². The van der Waals surface area contributed by atoms with E-state index in [4.69, 9.17) is 0 Å². The Morgan fingerprint density at radius 1 is 0.889 bits per heavy atom. The molecule has 0 unspecified atom stereocenters. The predicted molar refractivity (Wildman–Crippen MR) is 102 cm³/mol. The lowest BCUT2D eigenvalue weighted by Crippen LogP contribution is -2.30. The van der Waals surface area contributed by atoms with E-state index < -0.39 is 21.7 Å². The standard InChI is InChI=1S/C21H19F2NO2S/c1-15-5-3-6-17(11-15)14-24(19-8-4-7-18(22)12-19)27(25,26)20-10-9-16(2)21(23)13-20/h3-13H,14H2,1-2H3. The molecule has 140 valence electrons. The summed E-state index contributed by atoms with van der Waals surface area (Å²) in [5.74, 6) is -1.15. The summed E-state index contributed by atoms with van der Waals surface area (Å²) >= 11 is 0. The third-order valence-corrected chi connectivity index (χ3v) is 6.01. The molecule has 0 aliphatic rings. The van der Waals surface area contributed by atoms with E-state index in [1.54, 1.807) is 13.0 Å². The van der Waals surface area contributed by atoms with Crippen LogP contribution in [0.5, 0.6) is 0 Å². The summed E-state index contributed by atoms with van der Waals surface area (Å²) in [6.07, 6.45) is 0. The van der Waals surface area contributed by atoms with Gasteiger partial charge in [-0.1, -0.05) is 42.0 Å². The van der Waals surface area contributed by atoms with Crippen molar-refractivity contribution < 1.29 is 17.2 Å². The highest BCUT2D eigenvalue weighted by Crippen LogP contribution is 2.27. The fraction of sp³-hybridized carbons (Fsp3) is 0.143. The lowest BCUT2D eigenvalue weighted by molar-refractivity contribution is 0.584. The van der Waals surface area contributed by atoms with E-state index in [2.05, 4.69) is 0 Å². The van der Waals surface area contributed by atoms with Gasteiger partial charge in [0.15, 0.2) is 0 Å². The maximum Gasteiger partial charge on any atom is 0.264 e. The lowest BCUT2D eigenvalue weighted by atomic mass is 10.1. The molecule has 0 saturated heterocycles. The van der Waals surface area contributed by atoms with Crippen LogP contribution in [0.3, 0.4) is 0 Å². The van der Waals surface area contributed by atoms with E-state index in [-0.39, 0.29) is 17.1 Å². The molecular formula is C21H19F2NO2S. The minimum Gasteiger partial charge on any atom is -0.262 e. The molecule has 0 radical (unpaired) electrons. The minimum absolute atomic E-state index is 0.00294. The van der Waals surface area contributed by atoms with Crippen molar-refractivity contribution >= 4 is 15.7 Å². The zero-order chi connectivity index (χ0) is 19.6. The molecule has 0 amide bonds. The van der Waals surface area contributed by atoms with Crippen molar-refractivity contribution in [3.63, 3.8) is 0 Å². The fourth-order valence-electron chi connectivity index (χ4n) is 2.78. The Hall–Kier alpha value is -2.73. The van der Waals surface area contributed by atoms with Crippen LogP contribution >= 0.6 is 0 Å². The van der Waals surface area contributed by atoms with Gasteiger partial charge in [-0.2, -0.15) is 0 Å². The molecule has 0 aliphatic heterocycles. The molecule has 0 aromatic heterocycles. The van der Waals surface area contributed by atoms with Crippen LogP contribution in [-0.2, 0) is 16.6 Å². The Morgan fingerprint density at radius 2 is 1.63 bits per heavy atom. The number of hydrogen-bond acceptors (Lipinski definition) is 2. The first-order valence-corrected chi connectivity index (χ1v) is 9.81. The third kappa shape index (κ3) is 4.17. The molecule has 0 atom stereocenters. The first-order valence-electron chi connectivity index (χ1n) is 8.37. The van der Waals surface area contributed by atoms with E-state index in [0.717, 1.165) is 27.6 Å². The zero-order valence-corrected chi connectivity index (χ0v) is 15.8. The van der Waals surface area contributed by atoms with Gasteiger partial charge in [0, 0.05) is 0 Å². The van der Waals surface area contributed by atoms with Gasteiger partial charge >= 0.3 is 0 Å². The largest absolute Gasteiger partial charge is 0.264 e. The minimum atomic E-state index is -4.09. The summed E-state index contributed by atoms with van der Waals surface area (Å²) in [6, 6.07) is 16.5. The Bertz CT molecular complexity index is 1080. The number of rotatable bonds is 5. The molecule has 3 nitrogen and oxygen atoms in total. The number of hydrogen-bond donors (Lipinski definition) is 0. The molecule has 0 spiro atoms. The number of nitrogens with zero attached hydrogens (tertiary/aromatic N) is 1. The van der Waals surface area contributed by atoms with E-state index in [1.165, 1.54) is 30.3 Å². The van der Waals surface area contributed by atoms with Crippen LogP contribution in [0.15, 0.2) is 71.6 Å². The molecule has 0 aliphatic carbocycles. The average Bonchev–Trinajstić information content (AvgIpc) is 2.62. The molecule has 3 rings (SSSR count). The van der Waals surface area contributed by atoms with Crippen molar-refractivity contribution in [1.82, 2.24) is 0 Å². The molecule has 0 fully saturated rings. The molecule has 6 heteroatoms. The summed E-state index contributed by atoms with van der Waals surface area (Å²) in [7, 11) is -4.09. The van der Waals surface area contributed by atoms with Crippen LogP contribution in [0.25, 0.3) is 0 Å². The molecule has 27 heavy (non-hydrogen) atoms. The van der Waals surface area contributed by atoms with Crippen molar-refractivity contribution in [2.45, 2.75) is 25.3 Å². The summed E-state index contributed by atoms with van der Waals surface area (Å²) in [5.41, 5.74) is 2.25. The highest BCUT2D eigenvalue weighted by atomic mass is 32.2. The number of sulfonamides is 1. The summed E-state index contributed by atoms with van der Waals surface area (Å²) in [6.45, 7) is 3.46. The highest BCUT2D eigenvalue weighted by Gasteiger charge is 2.26. The summed E-state index contributed by atoms with van der Waals surface area (Å²) in [4.78, 5) is -0.178. The quantitative estimate of drug-likeness (QED) is 0.619. The molecule has 0 bridgehead atoms. The molecule has 0 saturated carbocycles. The van der Waals surface area contributed by atoms with Gasteiger partial charge in [0.2, 0.25) is 0 Å². The van der Waals surface area contributed by atoms with Crippen LogP contribution in [0, 0.1) is 25.5 Å². The normalized spacial score (nSPS) is 11.4. The molecule has 0 N–H and O–H groups in total. The first-order chi connectivity index (χ1) is 12.8. The number of anilines is 1. The number of aryl methyl sites for hydroxylation is 2. The van der Waals surface area contributed by atoms with Crippen molar-refractivity contribution in [3.05, 3.63) is 95.1 Å². The first kappa shape index (κ1) is 19.0. The van der Waals surface area contributed by atoms with Crippen LogP contribution in [0.4, 0.5) is 14.5 Å². The van der Waals surface area contributed by atoms with E-state index in [9.17, 15) is 17.2 Å². The highest BCUT2D eigenvalue weighted by molar-refractivity contribution is 7.92. The van der Waals surface area contributed by atoms with E-state index in [0.29, 0.717) is 5.56 Å². The zero-order valence-electron chi connectivity index (χ0n) is 15.0. The van der Waals surface area contributed by atoms with Gasteiger partial charge in [-0.25, -0.2) is 17.2 Å². The van der Waals surface area contributed by atoms with Gasteiger partial charge in [-0.05, 0) is 55.3 Å². The maximum absolute atomic E-state index is 14.0. The second kappa shape index (κ2) is 7.48. The van der Waals surface area contributed by atoms with Crippen molar-refractivity contribution in [2.75, 3.05) is 4.31 Å². The van der Waals surface area contributed by atoms with Gasteiger partial charge in [-0.15, -0.1) is 0 Å². The number of halogens is 2. The summed E-state index contributed by atoms with van der Waals surface area (Å²) in [5, 5.41) is 0. The Morgan fingerprint density at radius 3 is 2.30 bits per heavy atom. The fourth-order valence-corrected chi connectivity index (χ4v) is 4.24. The average molecular weight is 387 g/mol. The van der Waals surface area contributed by atoms with Crippen LogP contribution in [0.1, 0.15) is 16.7 Å². The maximum atomic E-state index is 14.0. The third-order valence-electron chi connectivity index (χ3n) is 4.24. The number of benzene rings is 3. The van der Waals surface area contributed by atoms with Gasteiger partial charge < -0.3 is 0 Å². The second-order valence-corrected chi connectivity index (χ2v) is 8.25. The second-order valence-electron chi connectivity index (χ2n) is 6.39. The van der Waals surface area contributed by atoms with Crippen molar-refractivity contribution in [3.8, 4) is 0 Å². The Kier molecular flexibility index (Phi) is 5.28. The van der Waals surface area contributed by atoms with Crippen LogP contribution < -0.4 is 4.31 Å². The molecule has 0 heterocycles. The van der Waals surface area contributed by atoms with Crippen LogP contribution in [-0.4, -0.2) is 8.42 Å². The summed E-state index contributed by atoms with van der Waals surface area (Å²) < 4.78 is 55.3. The van der Waals surface area contributed by atoms with E-state index in [1.807, 2.05) is 25.1 Å².